The lowest BCUT2D eigenvalue weighted by molar-refractivity contribution is -0.136. The van der Waals surface area contributed by atoms with Crippen LogP contribution in [0, 0.1) is 17.8 Å². The van der Waals surface area contributed by atoms with Crippen molar-refractivity contribution in [2.45, 2.75) is 44.6 Å². The zero-order chi connectivity index (χ0) is 18.1. The average Bonchev–Trinajstić information content (AvgIpc) is 3.28. The Kier molecular flexibility index (Phi) is 4.98. The number of hydrogen-bond acceptors (Lipinski definition) is 3. The summed E-state index contributed by atoms with van der Waals surface area (Å²) in [6.07, 6.45) is 5.37. The van der Waals surface area contributed by atoms with Crippen molar-refractivity contribution in [3.8, 4) is 0 Å². The molecule has 0 spiro atoms. The Morgan fingerprint density at radius 1 is 1.08 bits per heavy atom. The van der Waals surface area contributed by atoms with Gasteiger partial charge in [-0.2, -0.15) is 0 Å². The van der Waals surface area contributed by atoms with E-state index < -0.39 is 0 Å². The summed E-state index contributed by atoms with van der Waals surface area (Å²) < 4.78 is 5.74. The van der Waals surface area contributed by atoms with E-state index in [9.17, 15) is 9.59 Å². The lowest BCUT2D eigenvalue weighted by atomic mass is 9.86. The van der Waals surface area contributed by atoms with E-state index in [1.807, 2.05) is 4.90 Å². The van der Waals surface area contributed by atoms with Crippen molar-refractivity contribution in [2.75, 3.05) is 19.7 Å². The highest BCUT2D eigenvalue weighted by Gasteiger charge is 2.36. The van der Waals surface area contributed by atoms with Crippen molar-refractivity contribution < 1.29 is 14.3 Å². The van der Waals surface area contributed by atoms with Crippen LogP contribution in [0.2, 0.25) is 0 Å². The van der Waals surface area contributed by atoms with E-state index in [2.05, 4.69) is 24.3 Å². The maximum absolute atomic E-state index is 12.9. The molecule has 2 atom stereocenters. The zero-order valence-electron chi connectivity index (χ0n) is 15.2. The number of nitrogens with two attached hydrogens (primary N) is 1. The van der Waals surface area contributed by atoms with E-state index >= 15 is 0 Å². The Morgan fingerprint density at radius 2 is 1.73 bits per heavy atom. The molecule has 26 heavy (non-hydrogen) atoms. The van der Waals surface area contributed by atoms with Gasteiger partial charge in [-0.25, -0.2) is 0 Å². The molecule has 1 aromatic rings. The van der Waals surface area contributed by atoms with Crippen LogP contribution in [-0.4, -0.2) is 42.5 Å². The SMILES string of the molecule is NC(=O)[C@@H]1CCO[C@@H]1CC1CCN(C(=O)C2Cc3ccccc3C2)CC1. The number of amides is 2. The highest BCUT2D eigenvalue weighted by Crippen LogP contribution is 2.32. The summed E-state index contributed by atoms with van der Waals surface area (Å²) in [7, 11) is 0. The summed E-state index contributed by atoms with van der Waals surface area (Å²) >= 11 is 0. The Labute approximate surface area is 154 Å². The van der Waals surface area contributed by atoms with Crippen molar-refractivity contribution in [2.24, 2.45) is 23.5 Å². The highest BCUT2D eigenvalue weighted by atomic mass is 16.5. The monoisotopic (exact) mass is 356 g/mol. The number of likely N-dealkylation sites (tertiary alicyclic amines) is 1. The molecular formula is C21H28N2O3. The van der Waals surface area contributed by atoms with E-state index in [4.69, 9.17) is 10.5 Å². The number of hydrogen-bond donors (Lipinski definition) is 1. The molecule has 1 aromatic carbocycles. The Balaban J connectivity index is 1.27. The first-order valence-electron chi connectivity index (χ1n) is 9.88. The summed E-state index contributed by atoms with van der Waals surface area (Å²) in [6, 6.07) is 8.40. The van der Waals surface area contributed by atoms with Crippen molar-refractivity contribution >= 4 is 11.8 Å². The second-order valence-electron chi connectivity index (χ2n) is 8.09. The number of benzene rings is 1. The normalized spacial score (nSPS) is 26.8. The van der Waals surface area contributed by atoms with Crippen LogP contribution in [0.1, 0.15) is 36.8 Å². The average molecular weight is 356 g/mol. The number of ether oxygens (including phenoxy) is 1. The van der Waals surface area contributed by atoms with Crippen LogP contribution in [0.4, 0.5) is 0 Å². The fraction of sp³-hybridized carbons (Fsp3) is 0.619. The predicted octanol–water partition coefficient (Wildman–Crippen LogP) is 1.92. The number of carbonyl (C=O) groups excluding carboxylic acids is 2. The molecule has 0 saturated carbocycles. The summed E-state index contributed by atoms with van der Waals surface area (Å²) in [5.74, 6) is 0.575. The van der Waals surface area contributed by atoms with E-state index in [-0.39, 0.29) is 23.8 Å². The van der Waals surface area contributed by atoms with Crippen LogP contribution in [0.15, 0.2) is 24.3 Å². The van der Waals surface area contributed by atoms with Crippen LogP contribution in [0.3, 0.4) is 0 Å². The summed E-state index contributed by atoms with van der Waals surface area (Å²) in [5, 5.41) is 0. The molecule has 2 N–H and O–H groups in total. The third-order valence-electron chi connectivity index (χ3n) is 6.47. The smallest absolute Gasteiger partial charge is 0.226 e. The highest BCUT2D eigenvalue weighted by molar-refractivity contribution is 5.80. The van der Waals surface area contributed by atoms with Gasteiger partial charge in [0.1, 0.15) is 0 Å². The largest absolute Gasteiger partial charge is 0.377 e. The van der Waals surface area contributed by atoms with Gasteiger partial charge in [0, 0.05) is 25.6 Å². The molecule has 0 bridgehead atoms. The van der Waals surface area contributed by atoms with Gasteiger partial charge in [0.15, 0.2) is 0 Å². The van der Waals surface area contributed by atoms with Gasteiger partial charge in [-0.1, -0.05) is 24.3 Å². The molecule has 140 valence electrons. The van der Waals surface area contributed by atoms with E-state index in [0.717, 1.165) is 51.6 Å². The zero-order valence-corrected chi connectivity index (χ0v) is 15.2. The Bertz CT molecular complexity index is 657. The number of carbonyl (C=O) groups is 2. The second kappa shape index (κ2) is 7.39. The molecule has 2 amide bonds. The molecule has 2 heterocycles. The van der Waals surface area contributed by atoms with Gasteiger partial charge in [0.05, 0.1) is 12.0 Å². The molecule has 2 fully saturated rings. The summed E-state index contributed by atoms with van der Waals surface area (Å²) in [4.78, 5) is 26.5. The number of fused-ring (bicyclic) bond motifs is 1. The number of piperidine rings is 1. The van der Waals surface area contributed by atoms with E-state index in [1.54, 1.807) is 0 Å². The molecule has 5 heteroatoms. The number of nitrogens with zero attached hydrogens (tertiary/aromatic N) is 1. The van der Waals surface area contributed by atoms with Gasteiger partial charge >= 0.3 is 0 Å². The quantitative estimate of drug-likeness (QED) is 0.896. The minimum absolute atomic E-state index is 0.0240. The van der Waals surface area contributed by atoms with Crippen LogP contribution >= 0.6 is 0 Å². The van der Waals surface area contributed by atoms with Gasteiger partial charge in [-0.05, 0) is 55.6 Å². The van der Waals surface area contributed by atoms with E-state index in [0.29, 0.717) is 18.4 Å². The minimum Gasteiger partial charge on any atom is -0.377 e. The molecule has 2 aliphatic heterocycles. The molecule has 0 radical (unpaired) electrons. The van der Waals surface area contributed by atoms with Crippen LogP contribution in [-0.2, 0) is 27.2 Å². The van der Waals surface area contributed by atoms with Crippen LogP contribution in [0.25, 0.3) is 0 Å². The van der Waals surface area contributed by atoms with Gasteiger partial charge in [-0.15, -0.1) is 0 Å². The lowest BCUT2D eigenvalue weighted by Crippen LogP contribution is -2.43. The molecule has 2 saturated heterocycles. The number of rotatable bonds is 4. The van der Waals surface area contributed by atoms with Gasteiger partial charge < -0.3 is 15.4 Å². The molecule has 4 rings (SSSR count). The second-order valence-corrected chi connectivity index (χ2v) is 8.09. The van der Waals surface area contributed by atoms with Crippen molar-refractivity contribution in [1.82, 2.24) is 4.90 Å². The molecule has 1 aliphatic carbocycles. The standard InChI is InChI=1S/C21H28N2O3/c22-20(24)18-7-10-26-19(18)11-14-5-8-23(9-6-14)21(25)17-12-15-3-1-2-4-16(15)13-17/h1-4,14,17-19H,5-13H2,(H2,22,24)/t18-,19-/m1/s1. The Morgan fingerprint density at radius 3 is 2.35 bits per heavy atom. The first-order chi connectivity index (χ1) is 12.6. The van der Waals surface area contributed by atoms with Crippen molar-refractivity contribution in [1.29, 1.82) is 0 Å². The van der Waals surface area contributed by atoms with Crippen LogP contribution < -0.4 is 5.73 Å². The Hall–Kier alpha value is -1.88. The maximum Gasteiger partial charge on any atom is 0.226 e. The molecule has 0 aromatic heterocycles. The van der Waals surface area contributed by atoms with Crippen molar-refractivity contribution in [3.63, 3.8) is 0 Å². The topological polar surface area (TPSA) is 72.6 Å². The third-order valence-corrected chi connectivity index (χ3v) is 6.47. The fourth-order valence-corrected chi connectivity index (χ4v) is 4.92. The summed E-state index contributed by atoms with van der Waals surface area (Å²) in [5.41, 5.74) is 8.15. The maximum atomic E-state index is 12.9. The first-order valence-corrected chi connectivity index (χ1v) is 9.88. The van der Waals surface area contributed by atoms with Gasteiger partial charge in [-0.3, -0.25) is 9.59 Å². The first kappa shape index (κ1) is 17.5. The molecular weight excluding hydrogens is 328 g/mol. The number of primary amides is 1. The third kappa shape index (κ3) is 3.50. The van der Waals surface area contributed by atoms with E-state index in [1.165, 1.54) is 11.1 Å². The van der Waals surface area contributed by atoms with Crippen LogP contribution in [0.5, 0.6) is 0 Å². The fourth-order valence-electron chi connectivity index (χ4n) is 4.92. The summed E-state index contributed by atoms with van der Waals surface area (Å²) in [6.45, 7) is 2.28. The predicted molar refractivity (Wildman–Crippen MR) is 98.3 cm³/mol. The molecule has 0 unspecified atom stereocenters. The lowest BCUT2D eigenvalue weighted by Gasteiger charge is -2.34. The molecule has 3 aliphatic rings. The van der Waals surface area contributed by atoms with Gasteiger partial charge in [0.25, 0.3) is 0 Å². The molecule has 5 nitrogen and oxygen atoms in total. The van der Waals surface area contributed by atoms with Gasteiger partial charge in [0.2, 0.25) is 11.8 Å². The minimum atomic E-state index is -0.235. The van der Waals surface area contributed by atoms with Crippen molar-refractivity contribution in [3.05, 3.63) is 35.4 Å².